The van der Waals surface area contributed by atoms with Crippen molar-refractivity contribution < 1.29 is 4.92 Å². The highest BCUT2D eigenvalue weighted by molar-refractivity contribution is 8.00. The standard InChI is InChI=1S/C20H23N3O2S2/c1-19(2)12-20(3,4)27-17-9-8-14(11-16(17)19)22-18(26)21-13-6-5-7-15(10-13)23(24)25/h5-11H,12H2,1-4H3,(H2,21,22,26). The van der Waals surface area contributed by atoms with Crippen molar-refractivity contribution in [1.29, 1.82) is 0 Å². The summed E-state index contributed by atoms with van der Waals surface area (Å²) in [5.41, 5.74) is 2.91. The summed E-state index contributed by atoms with van der Waals surface area (Å²) < 4.78 is 0.213. The molecule has 3 rings (SSSR count). The van der Waals surface area contributed by atoms with Crippen molar-refractivity contribution in [3.63, 3.8) is 0 Å². The fraction of sp³-hybridized carbons (Fsp3) is 0.350. The number of nitrogens with one attached hydrogen (secondary N) is 2. The number of nitro groups is 1. The van der Waals surface area contributed by atoms with Gasteiger partial charge in [-0.25, -0.2) is 0 Å². The summed E-state index contributed by atoms with van der Waals surface area (Å²) in [5.74, 6) is 0. The summed E-state index contributed by atoms with van der Waals surface area (Å²) >= 11 is 7.29. The third kappa shape index (κ3) is 4.59. The minimum absolute atomic E-state index is 0.0259. The third-order valence-corrected chi connectivity index (χ3v) is 6.01. The zero-order valence-corrected chi connectivity index (χ0v) is 17.5. The number of thiocarbonyl (C=S) groups is 1. The maximum absolute atomic E-state index is 10.9. The summed E-state index contributed by atoms with van der Waals surface area (Å²) in [6, 6.07) is 12.6. The van der Waals surface area contributed by atoms with Crippen LogP contribution in [0.1, 0.15) is 39.7 Å². The van der Waals surface area contributed by atoms with Gasteiger partial charge in [-0.15, -0.1) is 11.8 Å². The number of hydrogen-bond donors (Lipinski definition) is 2. The Hall–Kier alpha value is -2.12. The number of rotatable bonds is 3. The fourth-order valence-electron chi connectivity index (χ4n) is 3.71. The van der Waals surface area contributed by atoms with E-state index in [1.807, 2.05) is 17.8 Å². The van der Waals surface area contributed by atoms with Crippen LogP contribution in [-0.4, -0.2) is 14.8 Å². The Bertz CT molecular complexity index is 910. The van der Waals surface area contributed by atoms with Gasteiger partial charge in [-0.05, 0) is 53.9 Å². The van der Waals surface area contributed by atoms with E-state index in [0.29, 0.717) is 10.8 Å². The lowest BCUT2D eigenvalue weighted by Gasteiger charge is -2.41. The minimum Gasteiger partial charge on any atom is -0.332 e. The molecule has 0 aliphatic carbocycles. The molecule has 2 aromatic rings. The molecule has 0 saturated carbocycles. The van der Waals surface area contributed by atoms with E-state index in [2.05, 4.69) is 50.5 Å². The first-order valence-electron chi connectivity index (χ1n) is 8.72. The SMILES string of the molecule is CC1(C)CC(C)(C)c2cc(NC(=S)Nc3cccc([N+](=O)[O-])c3)ccc2S1. The van der Waals surface area contributed by atoms with Crippen molar-refractivity contribution in [2.24, 2.45) is 0 Å². The van der Waals surface area contributed by atoms with E-state index >= 15 is 0 Å². The zero-order valence-electron chi connectivity index (χ0n) is 15.8. The van der Waals surface area contributed by atoms with Crippen molar-refractivity contribution in [2.45, 2.75) is 49.2 Å². The van der Waals surface area contributed by atoms with E-state index in [-0.39, 0.29) is 15.8 Å². The first-order valence-corrected chi connectivity index (χ1v) is 9.94. The van der Waals surface area contributed by atoms with Gasteiger partial charge in [0.2, 0.25) is 0 Å². The Kier molecular flexibility index (Phi) is 5.18. The zero-order chi connectivity index (χ0) is 19.8. The number of anilines is 2. The Morgan fingerprint density at radius 3 is 2.44 bits per heavy atom. The number of benzene rings is 2. The van der Waals surface area contributed by atoms with Crippen LogP contribution in [0.3, 0.4) is 0 Å². The van der Waals surface area contributed by atoms with Gasteiger partial charge in [0.25, 0.3) is 5.69 Å². The molecule has 27 heavy (non-hydrogen) atoms. The van der Waals surface area contributed by atoms with Crippen LogP contribution in [0.15, 0.2) is 47.4 Å². The molecule has 142 valence electrons. The van der Waals surface area contributed by atoms with Crippen molar-refractivity contribution in [3.05, 3.63) is 58.1 Å². The van der Waals surface area contributed by atoms with E-state index in [9.17, 15) is 10.1 Å². The quantitative estimate of drug-likeness (QED) is 0.376. The van der Waals surface area contributed by atoms with E-state index in [0.717, 1.165) is 12.1 Å². The molecule has 0 atom stereocenters. The van der Waals surface area contributed by atoms with Gasteiger partial charge in [0, 0.05) is 33.2 Å². The smallest absolute Gasteiger partial charge is 0.271 e. The van der Waals surface area contributed by atoms with Crippen LogP contribution in [0.2, 0.25) is 0 Å². The van der Waals surface area contributed by atoms with Crippen LogP contribution in [0.4, 0.5) is 17.1 Å². The molecule has 0 spiro atoms. The van der Waals surface area contributed by atoms with E-state index in [1.165, 1.54) is 22.6 Å². The van der Waals surface area contributed by atoms with Crippen molar-refractivity contribution in [2.75, 3.05) is 10.6 Å². The van der Waals surface area contributed by atoms with E-state index < -0.39 is 4.92 Å². The predicted molar refractivity (Wildman–Crippen MR) is 117 cm³/mol. The van der Waals surface area contributed by atoms with Crippen molar-refractivity contribution >= 4 is 46.2 Å². The molecule has 0 fully saturated rings. The Morgan fingerprint density at radius 2 is 1.78 bits per heavy atom. The Morgan fingerprint density at radius 1 is 1.11 bits per heavy atom. The maximum Gasteiger partial charge on any atom is 0.271 e. The maximum atomic E-state index is 10.9. The monoisotopic (exact) mass is 401 g/mol. The van der Waals surface area contributed by atoms with Crippen molar-refractivity contribution in [3.8, 4) is 0 Å². The number of fused-ring (bicyclic) bond motifs is 1. The van der Waals surface area contributed by atoms with Gasteiger partial charge in [0.05, 0.1) is 4.92 Å². The third-order valence-electron chi connectivity index (χ3n) is 4.54. The van der Waals surface area contributed by atoms with Gasteiger partial charge in [-0.1, -0.05) is 33.8 Å². The number of hydrogen-bond acceptors (Lipinski definition) is 4. The molecule has 0 unspecified atom stereocenters. The second kappa shape index (κ2) is 7.13. The van der Waals surface area contributed by atoms with Gasteiger partial charge in [-0.2, -0.15) is 0 Å². The normalized spacial score (nSPS) is 16.9. The highest BCUT2D eigenvalue weighted by atomic mass is 32.2. The van der Waals surface area contributed by atoms with Crippen molar-refractivity contribution in [1.82, 2.24) is 0 Å². The molecule has 2 N–H and O–H groups in total. The number of thioether (sulfide) groups is 1. The van der Waals surface area contributed by atoms with Gasteiger partial charge < -0.3 is 10.6 Å². The molecular weight excluding hydrogens is 378 g/mol. The average molecular weight is 402 g/mol. The number of nitro benzene ring substituents is 1. The second-order valence-electron chi connectivity index (χ2n) is 8.02. The van der Waals surface area contributed by atoms with Crippen LogP contribution >= 0.6 is 24.0 Å². The summed E-state index contributed by atoms with van der Waals surface area (Å²) in [5, 5.41) is 17.5. The highest BCUT2D eigenvalue weighted by Gasteiger charge is 2.38. The molecule has 0 saturated heterocycles. The van der Waals surface area contributed by atoms with E-state index in [4.69, 9.17) is 12.2 Å². The van der Waals surface area contributed by atoms with Crippen LogP contribution in [-0.2, 0) is 5.41 Å². The van der Waals surface area contributed by atoms with Crippen LogP contribution in [0.25, 0.3) is 0 Å². The molecule has 5 nitrogen and oxygen atoms in total. The molecule has 0 aromatic heterocycles. The Balaban J connectivity index is 1.76. The minimum atomic E-state index is -0.424. The average Bonchev–Trinajstić information content (AvgIpc) is 2.54. The summed E-state index contributed by atoms with van der Waals surface area (Å²) in [4.78, 5) is 11.8. The molecule has 1 aliphatic rings. The molecule has 0 radical (unpaired) electrons. The molecule has 0 bridgehead atoms. The van der Waals surface area contributed by atoms with Gasteiger partial charge in [0.15, 0.2) is 5.11 Å². The number of non-ortho nitro benzene ring substituents is 1. The van der Waals surface area contributed by atoms with Crippen LogP contribution < -0.4 is 10.6 Å². The summed E-state index contributed by atoms with van der Waals surface area (Å²) in [6.45, 7) is 9.12. The fourth-order valence-corrected chi connectivity index (χ4v) is 5.55. The lowest BCUT2D eigenvalue weighted by molar-refractivity contribution is -0.384. The van der Waals surface area contributed by atoms with Crippen LogP contribution in [0, 0.1) is 10.1 Å². The molecular formula is C20H23N3O2S2. The van der Waals surface area contributed by atoms with E-state index in [1.54, 1.807) is 12.1 Å². The first-order chi connectivity index (χ1) is 12.6. The van der Waals surface area contributed by atoms with Gasteiger partial charge in [-0.3, -0.25) is 10.1 Å². The molecule has 2 aromatic carbocycles. The second-order valence-corrected chi connectivity index (χ2v) is 10.2. The highest BCUT2D eigenvalue weighted by Crippen LogP contribution is 2.51. The summed E-state index contributed by atoms with van der Waals surface area (Å²) in [6.07, 6.45) is 1.09. The topological polar surface area (TPSA) is 67.2 Å². The van der Waals surface area contributed by atoms with Crippen LogP contribution in [0.5, 0.6) is 0 Å². The predicted octanol–water partition coefficient (Wildman–Crippen LogP) is 5.96. The Labute approximate surface area is 169 Å². The molecule has 7 heteroatoms. The first kappa shape index (κ1) is 19.6. The summed E-state index contributed by atoms with van der Waals surface area (Å²) in [7, 11) is 0. The van der Waals surface area contributed by atoms with Gasteiger partial charge >= 0.3 is 0 Å². The lowest BCUT2D eigenvalue weighted by Crippen LogP contribution is -2.33. The molecule has 0 amide bonds. The van der Waals surface area contributed by atoms with Gasteiger partial charge in [0.1, 0.15) is 0 Å². The number of nitrogens with zero attached hydrogens (tertiary/aromatic N) is 1. The largest absolute Gasteiger partial charge is 0.332 e. The molecule has 1 aliphatic heterocycles. The molecule has 1 heterocycles. The lowest BCUT2D eigenvalue weighted by atomic mass is 9.77.